The van der Waals surface area contributed by atoms with Crippen molar-refractivity contribution in [3.63, 3.8) is 0 Å². The monoisotopic (exact) mass is 155 g/mol. The highest BCUT2D eigenvalue weighted by Crippen LogP contribution is 2.10. The fourth-order valence-corrected chi connectivity index (χ4v) is 0.843. The molecule has 0 aliphatic heterocycles. The lowest BCUT2D eigenvalue weighted by Crippen LogP contribution is -2.14. The first-order chi connectivity index (χ1) is 5.24. The van der Waals surface area contributed by atoms with E-state index in [-0.39, 0.29) is 12.4 Å². The van der Waals surface area contributed by atoms with Crippen LogP contribution in [-0.2, 0) is 0 Å². The van der Waals surface area contributed by atoms with E-state index < -0.39 is 6.04 Å². The highest BCUT2D eigenvalue weighted by atomic mass is 19.1. The summed E-state index contributed by atoms with van der Waals surface area (Å²) < 4.78 is 12.5. The van der Waals surface area contributed by atoms with Gasteiger partial charge >= 0.3 is 0 Å². The molecule has 0 radical (unpaired) electrons. The molecule has 1 rings (SSSR count). The second-order valence-corrected chi connectivity index (χ2v) is 2.34. The van der Waals surface area contributed by atoms with Crippen LogP contribution in [0.5, 0.6) is 0 Å². The van der Waals surface area contributed by atoms with Gasteiger partial charge in [0.05, 0.1) is 12.6 Å². The van der Waals surface area contributed by atoms with Crippen LogP contribution in [0.15, 0.2) is 24.3 Å². The Labute approximate surface area is 64.5 Å². The van der Waals surface area contributed by atoms with Gasteiger partial charge in [0.25, 0.3) is 0 Å². The van der Waals surface area contributed by atoms with Gasteiger partial charge in [0, 0.05) is 0 Å². The van der Waals surface area contributed by atoms with Crippen LogP contribution in [0.4, 0.5) is 4.39 Å². The van der Waals surface area contributed by atoms with Crippen molar-refractivity contribution in [2.24, 2.45) is 5.73 Å². The van der Waals surface area contributed by atoms with E-state index in [0.717, 1.165) is 0 Å². The number of rotatable bonds is 2. The molecule has 0 saturated carbocycles. The first-order valence-electron chi connectivity index (χ1n) is 3.36. The fraction of sp³-hybridized carbons (Fsp3) is 0.250. The Bertz CT molecular complexity index is 239. The molecular formula is C8H10FNO. The third kappa shape index (κ3) is 2.00. The lowest BCUT2D eigenvalue weighted by Gasteiger charge is -2.06. The summed E-state index contributed by atoms with van der Waals surface area (Å²) in [5.41, 5.74) is 6.06. The lowest BCUT2D eigenvalue weighted by atomic mass is 10.1. The highest BCUT2D eigenvalue weighted by Gasteiger charge is 2.03. The minimum atomic E-state index is -0.481. The van der Waals surface area contributed by atoms with Crippen molar-refractivity contribution < 1.29 is 9.50 Å². The molecule has 0 amide bonds. The van der Waals surface area contributed by atoms with Crippen LogP contribution in [0.2, 0.25) is 0 Å². The smallest absolute Gasteiger partial charge is 0.123 e. The predicted octanol–water partition coefficient (Wildman–Crippen LogP) is 0.818. The maximum Gasteiger partial charge on any atom is 0.123 e. The SMILES string of the molecule is N[C@@H](CO)c1cccc(F)c1. The molecule has 60 valence electrons. The minimum absolute atomic E-state index is 0.163. The molecule has 11 heavy (non-hydrogen) atoms. The molecular weight excluding hydrogens is 145 g/mol. The normalized spacial score (nSPS) is 13.0. The van der Waals surface area contributed by atoms with E-state index in [1.165, 1.54) is 12.1 Å². The summed E-state index contributed by atoms with van der Waals surface area (Å²) in [5, 5.41) is 8.63. The van der Waals surface area contributed by atoms with Crippen LogP contribution in [-0.4, -0.2) is 11.7 Å². The van der Waals surface area contributed by atoms with Gasteiger partial charge in [-0.2, -0.15) is 0 Å². The second kappa shape index (κ2) is 3.46. The summed E-state index contributed by atoms with van der Waals surface area (Å²) in [6.07, 6.45) is 0. The van der Waals surface area contributed by atoms with E-state index >= 15 is 0 Å². The number of benzene rings is 1. The maximum absolute atomic E-state index is 12.5. The summed E-state index contributed by atoms with van der Waals surface area (Å²) in [6, 6.07) is 5.43. The van der Waals surface area contributed by atoms with Crippen LogP contribution in [0.3, 0.4) is 0 Å². The van der Waals surface area contributed by atoms with Gasteiger partial charge in [-0.05, 0) is 17.7 Å². The van der Waals surface area contributed by atoms with Crippen molar-refractivity contribution in [1.29, 1.82) is 0 Å². The quantitative estimate of drug-likeness (QED) is 0.664. The Hall–Kier alpha value is -0.930. The molecule has 0 bridgehead atoms. The average Bonchev–Trinajstić information content (AvgIpc) is 2.03. The van der Waals surface area contributed by atoms with Gasteiger partial charge in [-0.25, -0.2) is 4.39 Å². The molecule has 0 fully saturated rings. The Morgan fingerprint density at radius 3 is 2.82 bits per heavy atom. The molecule has 3 heteroatoms. The lowest BCUT2D eigenvalue weighted by molar-refractivity contribution is 0.268. The van der Waals surface area contributed by atoms with Crippen LogP contribution in [0.1, 0.15) is 11.6 Å². The Morgan fingerprint density at radius 1 is 1.55 bits per heavy atom. The number of aliphatic hydroxyl groups excluding tert-OH is 1. The number of halogens is 1. The zero-order valence-electron chi connectivity index (χ0n) is 6.00. The summed E-state index contributed by atoms with van der Waals surface area (Å²) >= 11 is 0. The van der Waals surface area contributed by atoms with E-state index in [2.05, 4.69) is 0 Å². The van der Waals surface area contributed by atoms with E-state index in [1.807, 2.05) is 0 Å². The van der Waals surface area contributed by atoms with Crippen LogP contribution < -0.4 is 5.73 Å². The van der Waals surface area contributed by atoms with Crippen molar-refractivity contribution in [2.45, 2.75) is 6.04 Å². The van der Waals surface area contributed by atoms with Crippen LogP contribution >= 0.6 is 0 Å². The maximum atomic E-state index is 12.5. The van der Waals surface area contributed by atoms with Gasteiger partial charge in [0.15, 0.2) is 0 Å². The molecule has 3 N–H and O–H groups in total. The van der Waals surface area contributed by atoms with Crippen molar-refractivity contribution in [3.8, 4) is 0 Å². The van der Waals surface area contributed by atoms with Gasteiger partial charge in [-0.3, -0.25) is 0 Å². The standard InChI is InChI=1S/C8H10FNO/c9-7-3-1-2-6(4-7)8(10)5-11/h1-4,8,11H,5,10H2/t8-/m0/s1. The zero-order valence-corrected chi connectivity index (χ0v) is 6.00. The van der Waals surface area contributed by atoms with Gasteiger partial charge < -0.3 is 10.8 Å². The van der Waals surface area contributed by atoms with Crippen molar-refractivity contribution >= 4 is 0 Å². The summed E-state index contributed by atoms with van der Waals surface area (Å²) in [6.45, 7) is -0.163. The van der Waals surface area contributed by atoms with Crippen LogP contribution in [0, 0.1) is 5.82 Å². The first kappa shape index (κ1) is 8.17. The van der Waals surface area contributed by atoms with E-state index in [0.29, 0.717) is 5.56 Å². The number of hydrogen-bond donors (Lipinski definition) is 2. The largest absolute Gasteiger partial charge is 0.394 e. The molecule has 1 aromatic rings. The molecule has 0 spiro atoms. The second-order valence-electron chi connectivity index (χ2n) is 2.34. The van der Waals surface area contributed by atoms with Gasteiger partial charge in [-0.15, -0.1) is 0 Å². The third-order valence-corrected chi connectivity index (χ3v) is 1.47. The molecule has 0 aliphatic carbocycles. The van der Waals surface area contributed by atoms with Gasteiger partial charge in [0.2, 0.25) is 0 Å². The molecule has 0 aliphatic rings. The summed E-state index contributed by atoms with van der Waals surface area (Å²) in [5.74, 6) is -0.327. The Kier molecular flexibility index (Phi) is 2.57. The van der Waals surface area contributed by atoms with Gasteiger partial charge in [0.1, 0.15) is 5.82 Å². The molecule has 0 unspecified atom stereocenters. The molecule has 1 aromatic carbocycles. The van der Waals surface area contributed by atoms with Crippen molar-refractivity contribution in [1.82, 2.24) is 0 Å². The van der Waals surface area contributed by atoms with Crippen LogP contribution in [0.25, 0.3) is 0 Å². The number of nitrogens with two attached hydrogens (primary N) is 1. The van der Waals surface area contributed by atoms with Gasteiger partial charge in [-0.1, -0.05) is 12.1 Å². The molecule has 0 heterocycles. The molecule has 2 nitrogen and oxygen atoms in total. The van der Waals surface area contributed by atoms with Crippen molar-refractivity contribution in [2.75, 3.05) is 6.61 Å². The third-order valence-electron chi connectivity index (χ3n) is 1.47. The fourth-order valence-electron chi connectivity index (χ4n) is 0.843. The first-order valence-corrected chi connectivity index (χ1v) is 3.36. The Balaban J connectivity index is 2.86. The minimum Gasteiger partial charge on any atom is -0.394 e. The molecule has 0 aromatic heterocycles. The van der Waals surface area contributed by atoms with E-state index in [9.17, 15) is 4.39 Å². The summed E-state index contributed by atoms with van der Waals surface area (Å²) in [4.78, 5) is 0. The Morgan fingerprint density at radius 2 is 2.27 bits per heavy atom. The highest BCUT2D eigenvalue weighted by molar-refractivity contribution is 5.19. The van der Waals surface area contributed by atoms with Crippen molar-refractivity contribution in [3.05, 3.63) is 35.6 Å². The average molecular weight is 155 g/mol. The topological polar surface area (TPSA) is 46.2 Å². The molecule has 1 atom stereocenters. The number of hydrogen-bond acceptors (Lipinski definition) is 2. The molecule has 0 saturated heterocycles. The zero-order chi connectivity index (χ0) is 8.27. The van der Waals surface area contributed by atoms with E-state index in [4.69, 9.17) is 10.8 Å². The predicted molar refractivity (Wildman–Crippen MR) is 40.4 cm³/mol. The number of aliphatic hydroxyl groups is 1. The summed E-state index contributed by atoms with van der Waals surface area (Å²) in [7, 11) is 0. The van der Waals surface area contributed by atoms with E-state index in [1.54, 1.807) is 12.1 Å².